The summed E-state index contributed by atoms with van der Waals surface area (Å²) in [6.45, 7) is 0. The number of nitrogens with two attached hydrogens (primary N) is 1. The maximum absolute atomic E-state index is 11.8. The first-order valence-corrected chi connectivity index (χ1v) is 8.88. The average molecular weight is 310 g/mol. The molecule has 3 N–H and O–H groups in total. The minimum absolute atomic E-state index is 0.160. The van der Waals surface area contributed by atoms with Crippen LogP contribution in [0, 0.1) is 0 Å². The van der Waals surface area contributed by atoms with E-state index in [1.165, 1.54) is 38.5 Å². The van der Waals surface area contributed by atoms with E-state index in [1.807, 2.05) is 0 Å². The second kappa shape index (κ2) is 8.51. The van der Waals surface area contributed by atoms with Crippen molar-refractivity contribution in [2.75, 3.05) is 0 Å². The number of amides is 1. The van der Waals surface area contributed by atoms with E-state index in [-0.39, 0.29) is 6.42 Å². The van der Waals surface area contributed by atoms with Crippen LogP contribution in [-0.2, 0) is 9.59 Å². The minimum atomic E-state index is -0.794. The van der Waals surface area contributed by atoms with E-state index in [1.54, 1.807) is 0 Å². The largest absolute Gasteiger partial charge is 0.480 e. The van der Waals surface area contributed by atoms with E-state index in [0.717, 1.165) is 25.7 Å². The monoisotopic (exact) mass is 310 g/mol. The highest BCUT2D eigenvalue weighted by atomic mass is 16.4. The van der Waals surface area contributed by atoms with E-state index in [2.05, 4.69) is 4.90 Å². The van der Waals surface area contributed by atoms with Gasteiger partial charge in [0.15, 0.2) is 0 Å². The number of aliphatic carboxylic acids is 1. The molecule has 0 aromatic heterocycles. The third-order valence-corrected chi connectivity index (χ3v) is 5.30. The van der Waals surface area contributed by atoms with Crippen LogP contribution in [0.5, 0.6) is 0 Å². The van der Waals surface area contributed by atoms with Crippen molar-refractivity contribution in [3.05, 3.63) is 0 Å². The number of rotatable bonds is 7. The van der Waals surface area contributed by atoms with Gasteiger partial charge in [-0.2, -0.15) is 0 Å². The molecule has 2 rings (SSSR count). The zero-order valence-electron chi connectivity index (χ0n) is 13.5. The van der Waals surface area contributed by atoms with Gasteiger partial charge in [-0.25, -0.2) is 0 Å². The molecule has 0 aromatic carbocycles. The Morgan fingerprint density at radius 3 is 1.77 bits per heavy atom. The van der Waals surface area contributed by atoms with Crippen molar-refractivity contribution in [1.29, 1.82) is 0 Å². The van der Waals surface area contributed by atoms with E-state index in [4.69, 9.17) is 5.73 Å². The Hall–Kier alpha value is -1.10. The molecule has 0 spiro atoms. The second-order valence-corrected chi connectivity index (χ2v) is 6.89. The molecule has 0 radical (unpaired) electrons. The molecule has 126 valence electrons. The fraction of sp³-hybridized carbons (Fsp3) is 0.882. The molecule has 1 atom stereocenters. The predicted molar refractivity (Wildman–Crippen MR) is 85.4 cm³/mol. The van der Waals surface area contributed by atoms with Crippen molar-refractivity contribution in [1.82, 2.24) is 4.90 Å². The average Bonchev–Trinajstić information content (AvgIpc) is 2.52. The van der Waals surface area contributed by atoms with Gasteiger partial charge in [-0.1, -0.05) is 38.5 Å². The number of carboxylic acid groups (broad SMARTS) is 1. The smallest absolute Gasteiger partial charge is 0.320 e. The number of carboxylic acids is 1. The summed E-state index contributed by atoms with van der Waals surface area (Å²) in [5.41, 5.74) is 5.25. The maximum atomic E-state index is 11.8. The third-order valence-electron chi connectivity index (χ3n) is 5.30. The number of hydrogen-bond donors (Lipinski definition) is 2. The molecule has 5 nitrogen and oxygen atoms in total. The van der Waals surface area contributed by atoms with Gasteiger partial charge in [-0.15, -0.1) is 0 Å². The molecule has 5 heteroatoms. The van der Waals surface area contributed by atoms with Gasteiger partial charge in [0.2, 0.25) is 5.91 Å². The molecule has 2 saturated carbocycles. The van der Waals surface area contributed by atoms with Gasteiger partial charge in [0.05, 0.1) is 0 Å². The first-order valence-electron chi connectivity index (χ1n) is 8.88. The lowest BCUT2D eigenvalue weighted by Gasteiger charge is -2.44. The van der Waals surface area contributed by atoms with Gasteiger partial charge in [0, 0.05) is 18.5 Å². The molecule has 0 unspecified atom stereocenters. The van der Waals surface area contributed by atoms with Crippen LogP contribution in [0.1, 0.15) is 77.0 Å². The maximum Gasteiger partial charge on any atom is 0.320 e. The Morgan fingerprint density at radius 2 is 1.41 bits per heavy atom. The Kier molecular flexibility index (Phi) is 6.68. The Bertz CT molecular complexity index is 356. The van der Waals surface area contributed by atoms with Gasteiger partial charge in [0.25, 0.3) is 0 Å². The molecule has 0 bridgehead atoms. The molecule has 2 aliphatic carbocycles. The van der Waals surface area contributed by atoms with Gasteiger partial charge in [-0.3, -0.25) is 14.5 Å². The number of nitrogens with zero attached hydrogens (tertiary/aromatic N) is 1. The standard InChI is InChI=1S/C17H30N2O3/c18-16(20)12-11-15(17(21)22)19(13-7-3-1-4-8-13)14-9-5-2-6-10-14/h13-15H,1-12H2,(H2,18,20)(H,21,22)/t15-/m0/s1. The van der Waals surface area contributed by atoms with Crippen LogP contribution in [-0.4, -0.2) is 40.0 Å². The SMILES string of the molecule is NC(=O)CC[C@@H](C(=O)O)N(C1CCCCC1)C1CCCCC1. The molecule has 2 aliphatic rings. The quantitative estimate of drug-likeness (QED) is 0.757. The predicted octanol–water partition coefficient (Wildman–Crippen LogP) is 2.67. The fourth-order valence-electron chi connectivity index (χ4n) is 4.24. The Labute approximate surface area is 133 Å². The van der Waals surface area contributed by atoms with Gasteiger partial charge in [-0.05, 0) is 32.1 Å². The van der Waals surface area contributed by atoms with Crippen molar-refractivity contribution in [2.45, 2.75) is 95.2 Å². The van der Waals surface area contributed by atoms with Crippen LogP contribution in [0.15, 0.2) is 0 Å². The second-order valence-electron chi connectivity index (χ2n) is 6.89. The fourth-order valence-corrected chi connectivity index (χ4v) is 4.24. The molecule has 0 saturated heterocycles. The first kappa shape index (κ1) is 17.3. The summed E-state index contributed by atoms with van der Waals surface area (Å²) in [7, 11) is 0. The Balaban J connectivity index is 2.14. The topological polar surface area (TPSA) is 83.6 Å². The summed E-state index contributed by atoms with van der Waals surface area (Å²) in [5.74, 6) is -1.20. The van der Waals surface area contributed by atoms with Crippen molar-refractivity contribution >= 4 is 11.9 Å². The van der Waals surface area contributed by atoms with Crippen LogP contribution in [0.2, 0.25) is 0 Å². The Morgan fingerprint density at radius 1 is 0.955 bits per heavy atom. The molecular weight excluding hydrogens is 280 g/mol. The van der Waals surface area contributed by atoms with Crippen molar-refractivity contribution in [2.24, 2.45) is 5.73 Å². The number of carbonyl (C=O) groups excluding carboxylic acids is 1. The molecule has 0 heterocycles. The summed E-state index contributed by atoms with van der Waals surface area (Å²) in [5, 5.41) is 9.72. The van der Waals surface area contributed by atoms with Gasteiger partial charge in [0.1, 0.15) is 6.04 Å². The summed E-state index contributed by atoms with van der Waals surface area (Å²) >= 11 is 0. The summed E-state index contributed by atoms with van der Waals surface area (Å²) in [6, 6.07) is 0.176. The molecule has 22 heavy (non-hydrogen) atoms. The van der Waals surface area contributed by atoms with Gasteiger partial charge < -0.3 is 10.8 Å². The number of carbonyl (C=O) groups is 2. The molecular formula is C17H30N2O3. The molecule has 0 aliphatic heterocycles. The summed E-state index contributed by atoms with van der Waals surface area (Å²) in [6.07, 6.45) is 12.2. The highest BCUT2D eigenvalue weighted by Crippen LogP contribution is 2.32. The van der Waals surface area contributed by atoms with Crippen molar-refractivity contribution in [3.63, 3.8) is 0 Å². The summed E-state index contributed by atoms with van der Waals surface area (Å²) < 4.78 is 0. The van der Waals surface area contributed by atoms with Gasteiger partial charge >= 0.3 is 5.97 Å². The van der Waals surface area contributed by atoms with Crippen LogP contribution in [0.25, 0.3) is 0 Å². The van der Waals surface area contributed by atoms with E-state index in [9.17, 15) is 14.7 Å². The van der Waals surface area contributed by atoms with E-state index in [0.29, 0.717) is 18.5 Å². The molecule has 0 aromatic rings. The lowest BCUT2D eigenvalue weighted by Crippen LogP contribution is -2.54. The van der Waals surface area contributed by atoms with Crippen LogP contribution in [0.4, 0.5) is 0 Å². The summed E-state index contributed by atoms with van der Waals surface area (Å²) in [4.78, 5) is 25.2. The lowest BCUT2D eigenvalue weighted by atomic mass is 9.86. The first-order chi connectivity index (χ1) is 10.6. The van der Waals surface area contributed by atoms with E-state index >= 15 is 0 Å². The zero-order valence-corrected chi connectivity index (χ0v) is 13.5. The van der Waals surface area contributed by atoms with Crippen molar-refractivity contribution in [3.8, 4) is 0 Å². The van der Waals surface area contributed by atoms with Crippen LogP contribution < -0.4 is 5.73 Å². The highest BCUT2D eigenvalue weighted by molar-refractivity contribution is 5.77. The van der Waals surface area contributed by atoms with Crippen LogP contribution in [0.3, 0.4) is 0 Å². The highest BCUT2D eigenvalue weighted by Gasteiger charge is 2.37. The molecule has 1 amide bonds. The zero-order chi connectivity index (χ0) is 15.9. The number of hydrogen-bond acceptors (Lipinski definition) is 3. The van der Waals surface area contributed by atoms with Crippen molar-refractivity contribution < 1.29 is 14.7 Å². The molecule has 2 fully saturated rings. The van der Waals surface area contributed by atoms with E-state index < -0.39 is 17.9 Å². The van der Waals surface area contributed by atoms with Crippen LogP contribution >= 0.6 is 0 Å². The third kappa shape index (κ3) is 4.70. The number of primary amides is 1. The minimum Gasteiger partial charge on any atom is -0.480 e. The lowest BCUT2D eigenvalue weighted by molar-refractivity contribution is -0.147. The normalized spacial score (nSPS) is 22.6.